The fourth-order valence-electron chi connectivity index (χ4n) is 3.19. The van der Waals surface area contributed by atoms with Crippen LogP contribution in [0.1, 0.15) is 35.2 Å². The molecule has 0 radical (unpaired) electrons. The van der Waals surface area contributed by atoms with Gasteiger partial charge in [0, 0.05) is 17.6 Å². The van der Waals surface area contributed by atoms with Crippen molar-refractivity contribution in [3.8, 4) is 0 Å². The molecule has 154 valence electrons. The highest BCUT2D eigenvalue weighted by atomic mass is 79.9. The number of hydrogen-bond acceptors (Lipinski definition) is 3. The minimum absolute atomic E-state index is 0.0664. The Balaban J connectivity index is 1.82. The van der Waals surface area contributed by atoms with Crippen LogP contribution in [-0.2, 0) is 6.18 Å². The second kappa shape index (κ2) is 9.13. The van der Waals surface area contributed by atoms with Crippen molar-refractivity contribution in [2.45, 2.75) is 25.4 Å². The molecule has 2 aromatic carbocycles. The Labute approximate surface area is 180 Å². The van der Waals surface area contributed by atoms with E-state index in [1.54, 1.807) is 24.3 Å². The second-order valence-electron chi connectivity index (χ2n) is 6.67. The van der Waals surface area contributed by atoms with Gasteiger partial charge in [0.25, 0.3) is 5.91 Å². The van der Waals surface area contributed by atoms with Gasteiger partial charge in [-0.3, -0.25) is 10.1 Å². The number of alkyl halides is 3. The Bertz CT molecular complexity index is 914. The largest absolute Gasteiger partial charge is 0.416 e. The normalized spacial score (nSPS) is 14.4. The summed E-state index contributed by atoms with van der Waals surface area (Å²) in [4.78, 5) is 14.5. The molecule has 3 rings (SSSR count). The zero-order valence-corrected chi connectivity index (χ0v) is 17.8. The number of anilines is 2. The van der Waals surface area contributed by atoms with E-state index in [0.29, 0.717) is 15.7 Å². The number of nitrogens with one attached hydrogen (secondary N) is 2. The molecule has 4 nitrogen and oxygen atoms in total. The van der Waals surface area contributed by atoms with Gasteiger partial charge in [-0.2, -0.15) is 13.2 Å². The number of carbonyl (C=O) groups excluding carboxylic acids is 1. The first-order valence-corrected chi connectivity index (χ1v) is 10.3. The highest BCUT2D eigenvalue weighted by Crippen LogP contribution is 2.36. The van der Waals surface area contributed by atoms with Crippen molar-refractivity contribution >= 4 is 50.5 Å². The lowest BCUT2D eigenvalue weighted by Gasteiger charge is -2.31. The van der Waals surface area contributed by atoms with E-state index in [1.807, 2.05) is 4.90 Å². The average Bonchev–Trinajstić information content (AvgIpc) is 2.68. The van der Waals surface area contributed by atoms with E-state index in [2.05, 4.69) is 26.6 Å². The quantitative estimate of drug-likeness (QED) is 0.556. The van der Waals surface area contributed by atoms with Crippen LogP contribution in [0.25, 0.3) is 0 Å². The Hall–Kier alpha value is -2.13. The number of hydrogen-bond donors (Lipinski definition) is 2. The minimum Gasteiger partial charge on any atom is -0.370 e. The topological polar surface area (TPSA) is 44.4 Å². The van der Waals surface area contributed by atoms with E-state index in [1.165, 1.54) is 6.07 Å². The van der Waals surface area contributed by atoms with Gasteiger partial charge in [-0.25, -0.2) is 0 Å². The van der Waals surface area contributed by atoms with Crippen LogP contribution in [0, 0.1) is 0 Å². The van der Waals surface area contributed by atoms with Crippen LogP contribution in [-0.4, -0.2) is 24.1 Å². The number of thiocarbonyl (C=S) groups is 1. The van der Waals surface area contributed by atoms with Crippen molar-refractivity contribution in [1.82, 2.24) is 5.32 Å². The maximum Gasteiger partial charge on any atom is 0.416 e. The molecule has 1 heterocycles. The maximum atomic E-state index is 13.2. The smallest absolute Gasteiger partial charge is 0.370 e. The lowest BCUT2D eigenvalue weighted by Crippen LogP contribution is -2.35. The summed E-state index contributed by atoms with van der Waals surface area (Å²) in [5.41, 5.74) is 0.451. The summed E-state index contributed by atoms with van der Waals surface area (Å²) in [7, 11) is 0. The van der Waals surface area contributed by atoms with Crippen molar-refractivity contribution in [1.29, 1.82) is 0 Å². The predicted molar refractivity (Wildman–Crippen MR) is 115 cm³/mol. The van der Waals surface area contributed by atoms with Gasteiger partial charge in [-0.15, -0.1) is 0 Å². The van der Waals surface area contributed by atoms with Crippen LogP contribution in [0.2, 0.25) is 0 Å². The first-order valence-electron chi connectivity index (χ1n) is 9.09. The van der Waals surface area contributed by atoms with Crippen molar-refractivity contribution in [3.63, 3.8) is 0 Å². The molecule has 0 aromatic heterocycles. The molecule has 29 heavy (non-hydrogen) atoms. The van der Waals surface area contributed by atoms with Gasteiger partial charge in [0.05, 0.1) is 22.5 Å². The van der Waals surface area contributed by atoms with Crippen LogP contribution in [0.15, 0.2) is 46.9 Å². The van der Waals surface area contributed by atoms with E-state index in [0.717, 1.165) is 44.5 Å². The molecule has 0 atom stereocenters. The van der Waals surface area contributed by atoms with Gasteiger partial charge in [-0.05, 0) is 77.7 Å². The fraction of sp³-hybridized carbons (Fsp3) is 0.300. The summed E-state index contributed by atoms with van der Waals surface area (Å²) in [5.74, 6) is -0.457. The van der Waals surface area contributed by atoms with Crippen LogP contribution in [0.5, 0.6) is 0 Å². The van der Waals surface area contributed by atoms with Gasteiger partial charge in [0.2, 0.25) is 0 Å². The molecule has 0 saturated carbocycles. The molecule has 0 unspecified atom stereocenters. The highest BCUT2D eigenvalue weighted by molar-refractivity contribution is 9.10. The molecule has 9 heteroatoms. The third kappa shape index (κ3) is 5.48. The van der Waals surface area contributed by atoms with Crippen molar-refractivity contribution in [2.75, 3.05) is 23.3 Å². The summed E-state index contributed by atoms with van der Waals surface area (Å²) in [6.07, 6.45) is -1.43. The van der Waals surface area contributed by atoms with E-state index < -0.39 is 17.6 Å². The number of halogens is 4. The molecule has 0 spiro atoms. The lowest BCUT2D eigenvalue weighted by atomic mass is 10.1. The summed E-state index contributed by atoms with van der Waals surface area (Å²) >= 11 is 8.49. The number of rotatable bonds is 3. The summed E-state index contributed by atoms with van der Waals surface area (Å²) in [5, 5.41) is 5.24. The first kappa shape index (κ1) is 21.6. The van der Waals surface area contributed by atoms with Crippen LogP contribution in [0.3, 0.4) is 0 Å². The zero-order chi connectivity index (χ0) is 21.0. The Morgan fingerprint density at radius 2 is 1.76 bits per heavy atom. The molecule has 1 fully saturated rings. The third-order valence-corrected chi connectivity index (χ3v) is 5.51. The van der Waals surface area contributed by atoms with Gasteiger partial charge in [0.1, 0.15) is 0 Å². The van der Waals surface area contributed by atoms with Crippen molar-refractivity contribution in [2.24, 2.45) is 0 Å². The summed E-state index contributed by atoms with van der Waals surface area (Å²) in [6.45, 7) is 1.52. The van der Waals surface area contributed by atoms with Crippen molar-refractivity contribution in [3.05, 3.63) is 58.1 Å². The van der Waals surface area contributed by atoms with Gasteiger partial charge < -0.3 is 10.2 Å². The second-order valence-corrected chi connectivity index (χ2v) is 7.93. The van der Waals surface area contributed by atoms with E-state index in [-0.39, 0.29) is 10.8 Å². The van der Waals surface area contributed by atoms with Crippen molar-refractivity contribution < 1.29 is 18.0 Å². The predicted octanol–water partition coefficient (Wildman–Crippen LogP) is 5.59. The molecule has 2 N–H and O–H groups in total. The Morgan fingerprint density at radius 3 is 2.41 bits per heavy atom. The fourth-order valence-corrected chi connectivity index (χ4v) is 3.86. The first-order chi connectivity index (χ1) is 13.8. The number of nitrogens with zero attached hydrogens (tertiary/aromatic N) is 1. The average molecular weight is 486 g/mol. The zero-order valence-electron chi connectivity index (χ0n) is 15.4. The molecule has 0 bridgehead atoms. The molecule has 0 aliphatic carbocycles. The molecular weight excluding hydrogens is 467 g/mol. The van der Waals surface area contributed by atoms with Crippen LogP contribution < -0.4 is 15.5 Å². The molecule has 2 aromatic rings. The van der Waals surface area contributed by atoms with Gasteiger partial charge >= 0.3 is 6.18 Å². The summed E-state index contributed by atoms with van der Waals surface area (Å²) in [6, 6.07) is 10.4. The SMILES string of the molecule is O=C(NC(=S)Nc1cc(C(F)(F)F)ccc1N1CCCCC1)c1ccccc1Br. The van der Waals surface area contributed by atoms with E-state index >= 15 is 0 Å². The number of benzene rings is 2. The van der Waals surface area contributed by atoms with E-state index in [9.17, 15) is 18.0 Å². The standard InChI is InChI=1S/C20H19BrF3N3OS/c21-15-7-3-2-6-14(15)18(28)26-19(29)25-16-12-13(20(22,23)24)8-9-17(16)27-10-4-1-5-11-27/h2-3,6-9,12H,1,4-5,10-11H2,(H2,25,26,28,29). The molecule has 1 saturated heterocycles. The van der Waals surface area contributed by atoms with Crippen LogP contribution >= 0.6 is 28.1 Å². The molecule has 1 aliphatic rings. The van der Waals surface area contributed by atoms with Crippen LogP contribution in [0.4, 0.5) is 24.5 Å². The minimum atomic E-state index is -4.48. The number of piperidine rings is 1. The Morgan fingerprint density at radius 1 is 1.07 bits per heavy atom. The molecule has 1 aliphatic heterocycles. The van der Waals surface area contributed by atoms with Gasteiger partial charge in [0.15, 0.2) is 5.11 Å². The van der Waals surface area contributed by atoms with Gasteiger partial charge in [-0.1, -0.05) is 12.1 Å². The highest BCUT2D eigenvalue weighted by Gasteiger charge is 2.31. The monoisotopic (exact) mass is 485 g/mol. The third-order valence-electron chi connectivity index (χ3n) is 4.61. The summed E-state index contributed by atoms with van der Waals surface area (Å²) < 4.78 is 40.2. The maximum absolute atomic E-state index is 13.2. The number of carbonyl (C=O) groups is 1. The van der Waals surface area contributed by atoms with E-state index in [4.69, 9.17) is 12.2 Å². The number of amides is 1. The lowest BCUT2D eigenvalue weighted by molar-refractivity contribution is -0.137. The molecule has 1 amide bonds. The molecular formula is C20H19BrF3N3OS. The Kier molecular flexibility index (Phi) is 6.79.